The van der Waals surface area contributed by atoms with E-state index >= 15 is 0 Å². The first-order chi connectivity index (χ1) is 14.0. The monoisotopic (exact) mass is 574 g/mol. The average molecular weight is 576 g/mol. The van der Waals surface area contributed by atoms with Gasteiger partial charge < -0.3 is 8.37 Å². The molecule has 0 amide bonds. The van der Waals surface area contributed by atoms with Gasteiger partial charge in [0.05, 0.1) is 0 Å². The molecular formula is C20H16Br2O6S2. The van der Waals surface area contributed by atoms with Gasteiger partial charge in [-0.3, -0.25) is 0 Å². The molecule has 10 heteroatoms. The quantitative estimate of drug-likeness (QED) is 0.368. The number of hydrogen-bond donors (Lipinski definition) is 0. The SMILES string of the molecule is Cc1cc(C)c(S(=O)(=O)Oc2ccc(Br)cc2)cc1S(=O)(=O)Oc1ccc(Br)cc1. The molecule has 0 radical (unpaired) electrons. The minimum absolute atomic E-state index is 0.105. The van der Waals surface area contributed by atoms with Crippen LogP contribution in [-0.4, -0.2) is 16.8 Å². The molecule has 6 nitrogen and oxygen atoms in total. The first kappa shape index (κ1) is 22.8. The van der Waals surface area contributed by atoms with Gasteiger partial charge in [0.1, 0.15) is 21.3 Å². The molecule has 0 saturated heterocycles. The zero-order valence-corrected chi connectivity index (χ0v) is 20.6. The number of rotatable bonds is 6. The van der Waals surface area contributed by atoms with Crippen molar-refractivity contribution in [3.05, 3.63) is 80.7 Å². The highest BCUT2D eigenvalue weighted by Crippen LogP contribution is 2.29. The van der Waals surface area contributed by atoms with E-state index in [4.69, 9.17) is 8.37 Å². The van der Waals surface area contributed by atoms with Crippen molar-refractivity contribution in [3.63, 3.8) is 0 Å². The van der Waals surface area contributed by atoms with Crippen LogP contribution in [0.15, 0.2) is 79.4 Å². The summed E-state index contributed by atoms with van der Waals surface area (Å²) < 4.78 is 63.1. The second-order valence-electron chi connectivity index (χ2n) is 6.37. The maximum atomic E-state index is 12.8. The van der Waals surface area contributed by atoms with E-state index in [9.17, 15) is 16.8 Å². The molecule has 0 aromatic heterocycles. The van der Waals surface area contributed by atoms with Gasteiger partial charge in [0.25, 0.3) is 0 Å². The predicted molar refractivity (Wildman–Crippen MR) is 120 cm³/mol. The predicted octanol–water partition coefficient (Wildman–Crippen LogP) is 5.36. The summed E-state index contributed by atoms with van der Waals surface area (Å²) in [5.74, 6) is 0.211. The van der Waals surface area contributed by atoms with Crippen LogP contribution in [0.5, 0.6) is 11.5 Å². The third-order valence-electron chi connectivity index (χ3n) is 4.05. The molecule has 0 atom stereocenters. The van der Waals surface area contributed by atoms with Crippen molar-refractivity contribution < 1.29 is 25.2 Å². The second-order valence-corrected chi connectivity index (χ2v) is 11.2. The summed E-state index contributed by atoms with van der Waals surface area (Å²) in [5.41, 5.74) is 0.708. The molecule has 0 saturated carbocycles. The van der Waals surface area contributed by atoms with Crippen molar-refractivity contribution in [3.8, 4) is 11.5 Å². The smallest absolute Gasteiger partial charge is 0.339 e. The molecule has 30 heavy (non-hydrogen) atoms. The zero-order valence-electron chi connectivity index (χ0n) is 15.8. The lowest BCUT2D eigenvalue weighted by atomic mass is 10.2. The van der Waals surface area contributed by atoms with Gasteiger partial charge in [0.2, 0.25) is 0 Å². The number of aryl methyl sites for hydroxylation is 2. The van der Waals surface area contributed by atoms with Crippen molar-refractivity contribution in [2.75, 3.05) is 0 Å². The Morgan fingerprint density at radius 3 is 1.27 bits per heavy atom. The summed E-state index contributed by atoms with van der Waals surface area (Å²) in [6.45, 7) is 3.13. The molecule has 0 spiro atoms. The number of hydrogen-bond acceptors (Lipinski definition) is 6. The lowest BCUT2D eigenvalue weighted by Crippen LogP contribution is -2.16. The maximum Gasteiger partial charge on any atom is 0.339 e. The highest BCUT2D eigenvalue weighted by atomic mass is 79.9. The Bertz CT molecular complexity index is 1190. The molecule has 0 bridgehead atoms. The third-order valence-corrected chi connectivity index (χ3v) is 7.89. The van der Waals surface area contributed by atoms with E-state index in [0.29, 0.717) is 11.1 Å². The molecule has 0 unspecified atom stereocenters. The van der Waals surface area contributed by atoms with Gasteiger partial charge in [-0.1, -0.05) is 37.9 Å². The molecule has 0 fully saturated rings. The van der Waals surface area contributed by atoms with Crippen molar-refractivity contribution in [1.29, 1.82) is 0 Å². The summed E-state index contributed by atoms with van der Waals surface area (Å²) >= 11 is 6.53. The minimum atomic E-state index is -4.28. The first-order valence-electron chi connectivity index (χ1n) is 8.49. The van der Waals surface area contributed by atoms with Crippen molar-refractivity contribution >= 4 is 52.1 Å². The lowest BCUT2D eigenvalue weighted by Gasteiger charge is -2.14. The molecule has 3 aromatic rings. The van der Waals surface area contributed by atoms with E-state index in [1.807, 2.05) is 0 Å². The Morgan fingerprint density at radius 1 is 0.600 bits per heavy atom. The Balaban J connectivity index is 2.00. The molecule has 0 aliphatic heterocycles. The molecule has 3 aromatic carbocycles. The fourth-order valence-electron chi connectivity index (χ4n) is 2.68. The Morgan fingerprint density at radius 2 is 0.933 bits per heavy atom. The zero-order chi connectivity index (χ0) is 22.1. The third kappa shape index (κ3) is 5.23. The summed E-state index contributed by atoms with van der Waals surface area (Å²) in [6.07, 6.45) is 0. The fourth-order valence-corrected chi connectivity index (χ4v) is 5.62. The van der Waals surface area contributed by atoms with E-state index in [2.05, 4.69) is 31.9 Å². The Labute approximate surface area is 192 Å². The fraction of sp³-hybridized carbons (Fsp3) is 0.100. The van der Waals surface area contributed by atoms with E-state index < -0.39 is 20.2 Å². The molecule has 0 N–H and O–H groups in total. The second kappa shape index (κ2) is 8.70. The highest BCUT2D eigenvalue weighted by molar-refractivity contribution is 9.10. The van der Waals surface area contributed by atoms with Crippen LogP contribution in [0.2, 0.25) is 0 Å². The van der Waals surface area contributed by atoms with E-state index in [1.54, 1.807) is 38.1 Å². The van der Waals surface area contributed by atoms with Crippen LogP contribution in [0.4, 0.5) is 0 Å². The molecule has 3 rings (SSSR count). The lowest BCUT2D eigenvalue weighted by molar-refractivity contribution is 0.483. The van der Waals surface area contributed by atoms with Crippen LogP contribution in [-0.2, 0) is 20.2 Å². The maximum absolute atomic E-state index is 12.8. The summed E-state index contributed by atoms with van der Waals surface area (Å²) in [7, 11) is -8.55. The average Bonchev–Trinajstić information content (AvgIpc) is 2.64. The van der Waals surface area contributed by atoms with Crippen molar-refractivity contribution in [1.82, 2.24) is 0 Å². The highest BCUT2D eigenvalue weighted by Gasteiger charge is 2.27. The van der Waals surface area contributed by atoms with E-state index in [-0.39, 0.29) is 21.3 Å². The number of benzene rings is 3. The van der Waals surface area contributed by atoms with Crippen LogP contribution >= 0.6 is 31.9 Å². The van der Waals surface area contributed by atoms with Crippen LogP contribution in [0.25, 0.3) is 0 Å². The molecule has 0 aliphatic rings. The van der Waals surface area contributed by atoms with Crippen LogP contribution in [0.1, 0.15) is 11.1 Å². The van der Waals surface area contributed by atoms with Gasteiger partial charge >= 0.3 is 20.2 Å². The van der Waals surface area contributed by atoms with Crippen LogP contribution in [0, 0.1) is 13.8 Å². The Hall–Kier alpha value is -1.88. The molecule has 0 aliphatic carbocycles. The van der Waals surface area contributed by atoms with Gasteiger partial charge in [-0.25, -0.2) is 0 Å². The van der Waals surface area contributed by atoms with Gasteiger partial charge in [-0.05, 0) is 79.6 Å². The molecule has 0 heterocycles. The van der Waals surface area contributed by atoms with Crippen LogP contribution in [0.3, 0.4) is 0 Å². The van der Waals surface area contributed by atoms with Crippen molar-refractivity contribution in [2.45, 2.75) is 23.6 Å². The minimum Gasteiger partial charge on any atom is -0.379 e. The van der Waals surface area contributed by atoms with E-state index in [0.717, 1.165) is 15.0 Å². The largest absolute Gasteiger partial charge is 0.379 e. The molecule has 158 valence electrons. The van der Waals surface area contributed by atoms with Gasteiger partial charge in [-0.2, -0.15) is 16.8 Å². The summed E-state index contributed by atoms with van der Waals surface area (Å²) in [6, 6.07) is 15.0. The normalized spacial score (nSPS) is 11.9. The van der Waals surface area contributed by atoms with Gasteiger partial charge in [-0.15, -0.1) is 0 Å². The molecular weight excluding hydrogens is 560 g/mol. The standard InChI is InChI=1S/C20H16Br2O6S2/c1-13-11-14(2)20(30(25,26)28-18-9-5-16(22)6-10-18)12-19(13)29(23,24)27-17-7-3-15(21)4-8-17/h3-12H,1-2H3. The van der Waals surface area contributed by atoms with Gasteiger partial charge in [0.15, 0.2) is 0 Å². The summed E-state index contributed by atoms with van der Waals surface area (Å²) in [5, 5.41) is 0. The topological polar surface area (TPSA) is 86.7 Å². The van der Waals surface area contributed by atoms with E-state index in [1.165, 1.54) is 30.3 Å². The van der Waals surface area contributed by atoms with Crippen LogP contribution < -0.4 is 8.37 Å². The summed E-state index contributed by atoms with van der Waals surface area (Å²) in [4.78, 5) is -0.511. The Kier molecular flexibility index (Phi) is 6.61. The van der Waals surface area contributed by atoms with Crippen molar-refractivity contribution in [2.24, 2.45) is 0 Å². The van der Waals surface area contributed by atoms with Gasteiger partial charge in [0, 0.05) is 8.95 Å². The first-order valence-corrected chi connectivity index (χ1v) is 12.9. The number of halogens is 2.